The summed E-state index contributed by atoms with van der Waals surface area (Å²) in [7, 11) is 1.81. The number of amides is 2. The maximum absolute atomic E-state index is 12.6. The molecule has 2 amide bonds. The van der Waals surface area contributed by atoms with E-state index in [-0.39, 0.29) is 18.0 Å². The van der Waals surface area contributed by atoms with Crippen molar-refractivity contribution in [1.29, 1.82) is 0 Å². The van der Waals surface area contributed by atoms with E-state index in [0.29, 0.717) is 6.54 Å². The number of hydrogen-bond acceptors (Lipinski definition) is 3. The Morgan fingerprint density at radius 3 is 2.75 bits per heavy atom. The highest BCUT2D eigenvalue weighted by atomic mass is 16.2. The third-order valence-electron chi connectivity index (χ3n) is 4.47. The fourth-order valence-corrected chi connectivity index (χ4v) is 3.10. The van der Waals surface area contributed by atoms with Gasteiger partial charge in [0.05, 0.1) is 6.04 Å². The van der Waals surface area contributed by atoms with Crippen molar-refractivity contribution in [3.8, 4) is 0 Å². The van der Waals surface area contributed by atoms with Crippen molar-refractivity contribution in [2.45, 2.75) is 45.8 Å². The van der Waals surface area contributed by atoms with Crippen LogP contribution in [-0.2, 0) is 19.5 Å². The Morgan fingerprint density at radius 1 is 1.29 bits per heavy atom. The Morgan fingerprint density at radius 2 is 2.04 bits per heavy atom. The van der Waals surface area contributed by atoms with Gasteiger partial charge in [-0.3, -0.25) is 0 Å². The topological polar surface area (TPSA) is 63.1 Å². The van der Waals surface area contributed by atoms with Crippen molar-refractivity contribution in [2.75, 3.05) is 7.05 Å². The number of rotatable bonds is 5. The van der Waals surface area contributed by atoms with Gasteiger partial charge in [0.1, 0.15) is 5.82 Å². The number of carbonyl (C=O) groups excluding carboxylic acids is 1. The van der Waals surface area contributed by atoms with E-state index in [1.807, 2.05) is 37.4 Å². The molecule has 0 saturated carbocycles. The van der Waals surface area contributed by atoms with E-state index in [4.69, 9.17) is 0 Å². The summed E-state index contributed by atoms with van der Waals surface area (Å²) in [4.78, 5) is 14.3. The van der Waals surface area contributed by atoms with Crippen LogP contribution in [0.1, 0.15) is 43.5 Å². The van der Waals surface area contributed by atoms with Crippen LogP contribution >= 0.6 is 0 Å². The van der Waals surface area contributed by atoms with Gasteiger partial charge in [-0.2, -0.15) is 0 Å². The number of benzene rings is 1. The molecule has 6 nitrogen and oxygen atoms in total. The van der Waals surface area contributed by atoms with Crippen LogP contribution in [0.3, 0.4) is 0 Å². The normalized spacial score (nSPS) is 14.5. The minimum absolute atomic E-state index is 0.0899. The molecular weight excluding hydrogens is 302 g/mol. The van der Waals surface area contributed by atoms with E-state index in [2.05, 4.69) is 33.9 Å². The van der Waals surface area contributed by atoms with Crippen molar-refractivity contribution >= 4 is 6.03 Å². The monoisotopic (exact) mass is 327 g/mol. The van der Waals surface area contributed by atoms with Gasteiger partial charge < -0.3 is 14.8 Å². The molecule has 2 aromatic rings. The molecule has 1 aromatic carbocycles. The van der Waals surface area contributed by atoms with Crippen LogP contribution in [0.4, 0.5) is 4.79 Å². The quantitative estimate of drug-likeness (QED) is 0.918. The lowest BCUT2D eigenvalue weighted by atomic mass is 10.0. The van der Waals surface area contributed by atoms with Gasteiger partial charge in [0.15, 0.2) is 5.82 Å². The molecule has 0 spiro atoms. The second-order valence-corrected chi connectivity index (χ2v) is 6.74. The van der Waals surface area contributed by atoms with Gasteiger partial charge >= 0.3 is 6.03 Å². The molecule has 6 heteroatoms. The van der Waals surface area contributed by atoms with Crippen molar-refractivity contribution in [2.24, 2.45) is 5.92 Å². The molecule has 1 N–H and O–H groups in total. The van der Waals surface area contributed by atoms with Crippen LogP contribution in [0.15, 0.2) is 30.3 Å². The predicted octanol–water partition coefficient (Wildman–Crippen LogP) is 2.76. The number of hydrogen-bond donors (Lipinski definition) is 1. The van der Waals surface area contributed by atoms with E-state index >= 15 is 0 Å². The molecule has 128 valence electrons. The number of urea groups is 1. The molecule has 1 atom stereocenters. The number of fused-ring (bicyclic) bond motifs is 1. The first kappa shape index (κ1) is 16.5. The van der Waals surface area contributed by atoms with Crippen LogP contribution in [0, 0.1) is 5.92 Å². The highest BCUT2D eigenvalue weighted by Crippen LogP contribution is 2.24. The minimum Gasteiger partial charge on any atom is -0.328 e. The van der Waals surface area contributed by atoms with E-state index in [1.165, 1.54) is 0 Å². The SMILES string of the molecule is CC(C)[C@@H](NC(=O)N(C)Cc1ccccc1)c1nnc2n1CCC2. The summed E-state index contributed by atoms with van der Waals surface area (Å²) in [6.07, 6.45) is 2.07. The number of nitrogens with zero attached hydrogens (tertiary/aromatic N) is 4. The Labute approximate surface area is 142 Å². The zero-order valence-electron chi connectivity index (χ0n) is 14.6. The van der Waals surface area contributed by atoms with Gasteiger partial charge in [0, 0.05) is 26.6 Å². The highest BCUT2D eigenvalue weighted by molar-refractivity contribution is 5.74. The summed E-state index contributed by atoms with van der Waals surface area (Å²) in [6.45, 7) is 5.71. The van der Waals surface area contributed by atoms with Crippen LogP contribution in [0.25, 0.3) is 0 Å². The second kappa shape index (κ2) is 7.03. The van der Waals surface area contributed by atoms with Crippen molar-refractivity contribution in [3.05, 3.63) is 47.5 Å². The van der Waals surface area contributed by atoms with Crippen molar-refractivity contribution < 1.29 is 4.79 Å². The fraction of sp³-hybridized carbons (Fsp3) is 0.500. The first-order valence-corrected chi connectivity index (χ1v) is 8.54. The second-order valence-electron chi connectivity index (χ2n) is 6.74. The van der Waals surface area contributed by atoms with Gasteiger partial charge in [-0.25, -0.2) is 4.79 Å². The number of aromatic nitrogens is 3. The predicted molar refractivity (Wildman–Crippen MR) is 92.4 cm³/mol. The standard InChI is InChI=1S/C18H25N5O/c1-13(2)16(17-21-20-15-10-7-11-23(15)17)19-18(24)22(3)12-14-8-5-4-6-9-14/h4-6,8-9,13,16H,7,10-12H2,1-3H3,(H,19,24)/t16-/m1/s1. The van der Waals surface area contributed by atoms with E-state index in [0.717, 1.165) is 36.6 Å². The molecule has 1 aromatic heterocycles. The molecular formula is C18H25N5O. The Balaban J connectivity index is 1.70. The number of carbonyl (C=O) groups is 1. The third kappa shape index (κ3) is 3.42. The Bertz CT molecular complexity index is 695. The van der Waals surface area contributed by atoms with E-state index in [1.54, 1.807) is 4.90 Å². The molecule has 1 aliphatic heterocycles. The summed E-state index contributed by atoms with van der Waals surface area (Å²) >= 11 is 0. The molecule has 0 unspecified atom stereocenters. The summed E-state index contributed by atoms with van der Waals surface area (Å²) < 4.78 is 2.15. The van der Waals surface area contributed by atoms with E-state index < -0.39 is 0 Å². The lowest BCUT2D eigenvalue weighted by Crippen LogP contribution is -2.41. The zero-order chi connectivity index (χ0) is 17.1. The first-order valence-electron chi connectivity index (χ1n) is 8.54. The van der Waals surface area contributed by atoms with Gasteiger partial charge in [0.2, 0.25) is 0 Å². The van der Waals surface area contributed by atoms with Crippen LogP contribution < -0.4 is 5.32 Å². The highest BCUT2D eigenvalue weighted by Gasteiger charge is 2.28. The molecule has 24 heavy (non-hydrogen) atoms. The minimum atomic E-state index is -0.130. The van der Waals surface area contributed by atoms with Gasteiger partial charge in [-0.05, 0) is 17.9 Å². The third-order valence-corrected chi connectivity index (χ3v) is 4.47. The van der Waals surface area contributed by atoms with E-state index in [9.17, 15) is 4.79 Å². The van der Waals surface area contributed by atoms with Crippen LogP contribution in [-0.4, -0.2) is 32.7 Å². The van der Waals surface area contributed by atoms with Crippen molar-refractivity contribution in [1.82, 2.24) is 25.0 Å². The lowest BCUT2D eigenvalue weighted by molar-refractivity contribution is 0.197. The maximum Gasteiger partial charge on any atom is 0.318 e. The average Bonchev–Trinajstić information content (AvgIpc) is 3.16. The number of aryl methyl sites for hydroxylation is 1. The summed E-state index contributed by atoms with van der Waals surface area (Å²) in [5, 5.41) is 11.7. The number of nitrogens with one attached hydrogen (secondary N) is 1. The van der Waals surface area contributed by atoms with Crippen molar-refractivity contribution in [3.63, 3.8) is 0 Å². The molecule has 1 aliphatic rings. The average molecular weight is 327 g/mol. The maximum atomic E-state index is 12.6. The summed E-state index contributed by atoms with van der Waals surface area (Å²) in [5.74, 6) is 2.15. The summed E-state index contributed by atoms with van der Waals surface area (Å²) in [6, 6.07) is 9.77. The molecule has 3 rings (SSSR count). The van der Waals surface area contributed by atoms with Crippen LogP contribution in [0.2, 0.25) is 0 Å². The smallest absolute Gasteiger partial charge is 0.318 e. The zero-order valence-corrected chi connectivity index (χ0v) is 14.6. The Hall–Kier alpha value is -2.37. The molecule has 0 saturated heterocycles. The molecule has 0 fully saturated rings. The molecule has 2 heterocycles. The lowest BCUT2D eigenvalue weighted by Gasteiger charge is -2.25. The first-order chi connectivity index (χ1) is 11.6. The van der Waals surface area contributed by atoms with Gasteiger partial charge in [-0.15, -0.1) is 10.2 Å². The fourth-order valence-electron chi connectivity index (χ4n) is 3.10. The molecule has 0 bridgehead atoms. The van der Waals surface area contributed by atoms with Crippen LogP contribution in [0.5, 0.6) is 0 Å². The molecule has 0 aliphatic carbocycles. The summed E-state index contributed by atoms with van der Waals surface area (Å²) in [5.41, 5.74) is 1.11. The Kier molecular flexibility index (Phi) is 4.83. The van der Waals surface area contributed by atoms with Gasteiger partial charge in [-0.1, -0.05) is 44.2 Å². The van der Waals surface area contributed by atoms with Gasteiger partial charge in [0.25, 0.3) is 0 Å². The molecule has 0 radical (unpaired) electrons. The largest absolute Gasteiger partial charge is 0.328 e.